The topological polar surface area (TPSA) is 107 Å². The molecule has 7 nitrogen and oxygen atoms in total. The summed E-state index contributed by atoms with van der Waals surface area (Å²) in [5.41, 5.74) is 1.24. The second kappa shape index (κ2) is 6.23. The molecule has 0 aromatic carbocycles. The van der Waals surface area contributed by atoms with E-state index in [1.807, 2.05) is 0 Å². The lowest BCUT2D eigenvalue weighted by Crippen LogP contribution is -2.39. The molecule has 2 unspecified atom stereocenters. The van der Waals surface area contributed by atoms with Gasteiger partial charge in [0.15, 0.2) is 0 Å². The standard InChI is InChI=1S/C13H23N3O4/c1-7-10(8(2)16-15-7)11(18)9(17)6-14-12(19)20-13(3,4)5/h9,11,17-18H,6H2,1-5H3,(H,14,19)(H,15,16). The lowest BCUT2D eigenvalue weighted by Gasteiger charge is -2.22. The maximum atomic E-state index is 11.5. The minimum atomic E-state index is -1.14. The molecular formula is C13H23N3O4. The molecule has 1 heterocycles. The van der Waals surface area contributed by atoms with Crippen LogP contribution in [-0.2, 0) is 4.74 Å². The van der Waals surface area contributed by atoms with Gasteiger partial charge in [-0.25, -0.2) is 4.79 Å². The highest BCUT2D eigenvalue weighted by atomic mass is 16.6. The molecule has 0 fully saturated rings. The van der Waals surface area contributed by atoms with Crippen molar-refractivity contribution in [1.29, 1.82) is 0 Å². The van der Waals surface area contributed by atoms with E-state index in [9.17, 15) is 15.0 Å². The Morgan fingerprint density at radius 1 is 1.40 bits per heavy atom. The molecule has 1 amide bonds. The molecule has 4 N–H and O–H groups in total. The van der Waals surface area contributed by atoms with Crippen LogP contribution >= 0.6 is 0 Å². The first kappa shape index (κ1) is 16.5. The summed E-state index contributed by atoms with van der Waals surface area (Å²) in [6, 6.07) is 0. The normalized spacial score (nSPS) is 14.8. The first-order valence-corrected chi connectivity index (χ1v) is 6.46. The smallest absolute Gasteiger partial charge is 0.407 e. The summed E-state index contributed by atoms with van der Waals surface area (Å²) in [5.74, 6) is 0. The monoisotopic (exact) mass is 285 g/mol. The van der Waals surface area contributed by atoms with E-state index in [2.05, 4.69) is 15.5 Å². The van der Waals surface area contributed by atoms with Gasteiger partial charge >= 0.3 is 6.09 Å². The first-order valence-electron chi connectivity index (χ1n) is 6.46. The third kappa shape index (κ3) is 4.50. The Balaban J connectivity index is 2.55. The second-order valence-corrected chi connectivity index (χ2v) is 5.74. The van der Waals surface area contributed by atoms with Crippen LogP contribution in [0.25, 0.3) is 0 Å². The van der Waals surface area contributed by atoms with Crippen molar-refractivity contribution in [2.75, 3.05) is 6.54 Å². The van der Waals surface area contributed by atoms with E-state index in [0.717, 1.165) is 0 Å². The predicted octanol–water partition coefficient (Wildman–Crippen LogP) is 0.946. The van der Waals surface area contributed by atoms with Crippen LogP contribution in [0.4, 0.5) is 4.79 Å². The molecule has 1 rings (SSSR count). The van der Waals surface area contributed by atoms with E-state index in [0.29, 0.717) is 17.0 Å². The molecule has 7 heteroatoms. The molecule has 114 valence electrons. The van der Waals surface area contributed by atoms with Gasteiger partial charge in [-0.2, -0.15) is 5.10 Å². The van der Waals surface area contributed by atoms with Crippen LogP contribution in [-0.4, -0.2) is 44.8 Å². The van der Waals surface area contributed by atoms with E-state index >= 15 is 0 Å². The Bertz CT molecular complexity index is 445. The molecule has 0 bridgehead atoms. The van der Waals surface area contributed by atoms with Crippen LogP contribution < -0.4 is 5.32 Å². The zero-order chi connectivity index (χ0) is 15.5. The fourth-order valence-corrected chi connectivity index (χ4v) is 1.80. The molecule has 2 atom stereocenters. The number of nitrogens with one attached hydrogen (secondary N) is 2. The van der Waals surface area contributed by atoms with Crippen LogP contribution in [0.1, 0.15) is 43.8 Å². The molecule has 0 aliphatic rings. The highest BCUT2D eigenvalue weighted by Crippen LogP contribution is 2.22. The Kier molecular flexibility index (Phi) is 5.13. The van der Waals surface area contributed by atoms with Crippen molar-refractivity contribution >= 4 is 6.09 Å². The van der Waals surface area contributed by atoms with Gasteiger partial charge in [0, 0.05) is 17.8 Å². The first-order chi connectivity index (χ1) is 9.11. The van der Waals surface area contributed by atoms with E-state index in [1.54, 1.807) is 34.6 Å². The number of alkyl carbamates (subject to hydrolysis) is 1. The number of hydrogen-bond acceptors (Lipinski definition) is 5. The number of aryl methyl sites for hydroxylation is 2. The van der Waals surface area contributed by atoms with Crippen molar-refractivity contribution in [3.05, 3.63) is 17.0 Å². The summed E-state index contributed by atoms with van der Waals surface area (Å²) >= 11 is 0. The quantitative estimate of drug-likeness (QED) is 0.658. The fourth-order valence-electron chi connectivity index (χ4n) is 1.80. The maximum absolute atomic E-state index is 11.5. The maximum Gasteiger partial charge on any atom is 0.407 e. The van der Waals surface area contributed by atoms with Crippen molar-refractivity contribution in [3.8, 4) is 0 Å². The number of aromatic nitrogens is 2. The molecule has 1 aromatic heterocycles. The molecule has 0 spiro atoms. The van der Waals surface area contributed by atoms with Crippen molar-refractivity contribution in [2.45, 2.75) is 52.4 Å². The van der Waals surface area contributed by atoms with Crippen LogP contribution in [0.15, 0.2) is 0 Å². The minimum Gasteiger partial charge on any atom is -0.444 e. The number of nitrogens with zero attached hydrogens (tertiary/aromatic N) is 1. The number of aliphatic hydroxyl groups is 2. The average molecular weight is 285 g/mol. The number of hydrogen-bond donors (Lipinski definition) is 4. The lowest BCUT2D eigenvalue weighted by atomic mass is 10.0. The number of carbonyl (C=O) groups is 1. The Morgan fingerprint density at radius 2 is 2.00 bits per heavy atom. The van der Waals surface area contributed by atoms with E-state index in [4.69, 9.17) is 4.74 Å². The van der Waals surface area contributed by atoms with Gasteiger partial charge in [-0.15, -0.1) is 0 Å². The highest BCUT2D eigenvalue weighted by Gasteiger charge is 2.25. The van der Waals surface area contributed by atoms with Gasteiger partial charge in [0.1, 0.15) is 17.8 Å². The molecule has 0 saturated carbocycles. The minimum absolute atomic E-state index is 0.111. The summed E-state index contributed by atoms with van der Waals surface area (Å²) in [7, 11) is 0. The van der Waals surface area contributed by atoms with Crippen molar-refractivity contribution in [3.63, 3.8) is 0 Å². The average Bonchev–Trinajstić information content (AvgIpc) is 2.63. The second-order valence-electron chi connectivity index (χ2n) is 5.74. The predicted molar refractivity (Wildman–Crippen MR) is 73.3 cm³/mol. The number of H-pyrrole nitrogens is 1. The molecule has 0 radical (unpaired) electrons. The molecule has 1 aromatic rings. The van der Waals surface area contributed by atoms with Crippen molar-refractivity contribution < 1.29 is 19.7 Å². The number of aliphatic hydroxyl groups excluding tert-OH is 2. The zero-order valence-corrected chi connectivity index (χ0v) is 12.5. The number of amides is 1. The number of rotatable bonds is 4. The van der Waals surface area contributed by atoms with Gasteiger partial charge in [0.2, 0.25) is 0 Å². The summed E-state index contributed by atoms with van der Waals surface area (Å²) in [5, 5.41) is 29.1. The Hall–Kier alpha value is -1.60. The van der Waals surface area contributed by atoms with E-state index in [1.165, 1.54) is 0 Å². The fraction of sp³-hybridized carbons (Fsp3) is 0.692. The molecular weight excluding hydrogens is 262 g/mol. The highest BCUT2D eigenvalue weighted by molar-refractivity contribution is 5.67. The van der Waals surface area contributed by atoms with Crippen LogP contribution in [0.2, 0.25) is 0 Å². The molecule has 0 aliphatic heterocycles. The summed E-state index contributed by atoms with van der Waals surface area (Å²) in [6.45, 7) is 8.62. The molecule has 0 saturated heterocycles. The number of ether oxygens (including phenoxy) is 1. The largest absolute Gasteiger partial charge is 0.444 e. The third-order valence-electron chi connectivity index (χ3n) is 2.70. The molecule has 20 heavy (non-hydrogen) atoms. The zero-order valence-electron chi connectivity index (χ0n) is 12.5. The van der Waals surface area contributed by atoms with Gasteiger partial charge in [0.05, 0.1) is 5.69 Å². The van der Waals surface area contributed by atoms with Crippen LogP contribution in [0.5, 0.6) is 0 Å². The number of aromatic amines is 1. The van der Waals surface area contributed by atoms with Crippen molar-refractivity contribution in [2.24, 2.45) is 0 Å². The lowest BCUT2D eigenvalue weighted by molar-refractivity contribution is 0.0124. The third-order valence-corrected chi connectivity index (χ3v) is 2.70. The SMILES string of the molecule is Cc1n[nH]c(C)c1C(O)C(O)CNC(=O)OC(C)(C)C. The molecule has 0 aliphatic carbocycles. The van der Waals surface area contributed by atoms with Gasteiger partial charge in [-0.3, -0.25) is 5.10 Å². The summed E-state index contributed by atoms with van der Waals surface area (Å²) < 4.78 is 5.04. The van der Waals surface area contributed by atoms with Crippen LogP contribution in [0, 0.1) is 13.8 Å². The van der Waals surface area contributed by atoms with Gasteiger partial charge in [0.25, 0.3) is 0 Å². The summed E-state index contributed by atoms with van der Waals surface area (Å²) in [6.07, 6.45) is -2.90. The van der Waals surface area contributed by atoms with Crippen molar-refractivity contribution in [1.82, 2.24) is 15.5 Å². The Morgan fingerprint density at radius 3 is 2.45 bits per heavy atom. The van der Waals surface area contributed by atoms with Gasteiger partial charge in [-0.1, -0.05) is 0 Å². The number of carbonyl (C=O) groups excluding carboxylic acids is 1. The van der Waals surface area contributed by atoms with Gasteiger partial charge < -0.3 is 20.3 Å². The van der Waals surface area contributed by atoms with Crippen LogP contribution in [0.3, 0.4) is 0 Å². The van der Waals surface area contributed by atoms with Gasteiger partial charge in [-0.05, 0) is 34.6 Å². The summed E-state index contributed by atoms with van der Waals surface area (Å²) in [4.78, 5) is 11.5. The Labute approximate surface area is 118 Å². The van der Waals surface area contributed by atoms with E-state index in [-0.39, 0.29) is 6.54 Å². The van der Waals surface area contributed by atoms with E-state index < -0.39 is 23.9 Å².